The van der Waals surface area contributed by atoms with Gasteiger partial charge in [-0.3, -0.25) is 4.79 Å². The molecular formula is C18H23N3OS2. The number of thiophene rings is 1. The van der Waals surface area contributed by atoms with E-state index in [1.165, 1.54) is 36.1 Å². The minimum absolute atomic E-state index is 0.135. The Morgan fingerprint density at radius 1 is 1.21 bits per heavy atom. The van der Waals surface area contributed by atoms with Gasteiger partial charge in [0.25, 0.3) is 0 Å². The summed E-state index contributed by atoms with van der Waals surface area (Å²) in [6, 6.07) is 0.385. The molecule has 2 aromatic heterocycles. The fourth-order valence-electron chi connectivity index (χ4n) is 3.33. The molecule has 2 fully saturated rings. The van der Waals surface area contributed by atoms with E-state index in [2.05, 4.69) is 19.2 Å². The van der Waals surface area contributed by atoms with Gasteiger partial charge < -0.3 is 5.32 Å². The van der Waals surface area contributed by atoms with Gasteiger partial charge in [-0.2, -0.15) is 0 Å². The highest BCUT2D eigenvalue weighted by Gasteiger charge is 2.28. The third-order valence-corrected chi connectivity index (χ3v) is 7.09. The van der Waals surface area contributed by atoms with Crippen molar-refractivity contribution in [2.75, 3.05) is 5.75 Å². The maximum atomic E-state index is 12.3. The molecular weight excluding hydrogens is 338 g/mol. The van der Waals surface area contributed by atoms with Crippen molar-refractivity contribution in [3.63, 3.8) is 0 Å². The van der Waals surface area contributed by atoms with Crippen LogP contribution in [0.1, 0.15) is 60.7 Å². The van der Waals surface area contributed by atoms with E-state index >= 15 is 0 Å². The lowest BCUT2D eigenvalue weighted by molar-refractivity contribution is -0.119. The predicted octanol–water partition coefficient (Wildman–Crippen LogP) is 4.34. The van der Waals surface area contributed by atoms with Crippen molar-refractivity contribution >= 4 is 39.2 Å². The van der Waals surface area contributed by atoms with Crippen LogP contribution in [-0.4, -0.2) is 27.7 Å². The van der Waals surface area contributed by atoms with Crippen molar-refractivity contribution in [2.24, 2.45) is 0 Å². The molecule has 2 aliphatic rings. The number of aryl methyl sites for hydroxylation is 2. The minimum atomic E-state index is 0.135. The first kappa shape index (κ1) is 16.3. The van der Waals surface area contributed by atoms with Crippen LogP contribution in [0.3, 0.4) is 0 Å². The van der Waals surface area contributed by atoms with Crippen LogP contribution in [0, 0.1) is 13.8 Å². The zero-order valence-corrected chi connectivity index (χ0v) is 15.9. The average Bonchev–Trinajstić information content (AvgIpc) is 3.22. The minimum Gasteiger partial charge on any atom is -0.353 e. The van der Waals surface area contributed by atoms with E-state index in [-0.39, 0.29) is 5.91 Å². The topological polar surface area (TPSA) is 54.9 Å². The molecule has 6 heteroatoms. The summed E-state index contributed by atoms with van der Waals surface area (Å²) in [6.45, 7) is 4.27. The highest BCUT2D eigenvalue weighted by Crippen LogP contribution is 2.42. The molecule has 2 heterocycles. The lowest BCUT2D eigenvalue weighted by Crippen LogP contribution is -2.33. The van der Waals surface area contributed by atoms with Gasteiger partial charge in [0, 0.05) is 22.2 Å². The second-order valence-electron chi connectivity index (χ2n) is 6.96. The van der Waals surface area contributed by atoms with E-state index in [9.17, 15) is 4.79 Å². The molecule has 0 unspecified atom stereocenters. The molecule has 2 saturated carbocycles. The van der Waals surface area contributed by atoms with Crippen LogP contribution < -0.4 is 5.32 Å². The number of hydrogen-bond donors (Lipinski definition) is 1. The van der Waals surface area contributed by atoms with Crippen molar-refractivity contribution < 1.29 is 4.79 Å². The van der Waals surface area contributed by atoms with Crippen molar-refractivity contribution in [1.29, 1.82) is 0 Å². The summed E-state index contributed by atoms with van der Waals surface area (Å²) < 4.78 is 0. The first-order valence-corrected chi connectivity index (χ1v) is 10.6. The summed E-state index contributed by atoms with van der Waals surface area (Å²) in [5, 5.41) is 5.31. The van der Waals surface area contributed by atoms with Crippen LogP contribution in [0.5, 0.6) is 0 Å². The number of amides is 1. The molecule has 1 N–H and O–H groups in total. The van der Waals surface area contributed by atoms with Crippen LogP contribution in [0.15, 0.2) is 5.03 Å². The first-order chi connectivity index (χ1) is 11.6. The predicted molar refractivity (Wildman–Crippen MR) is 100.0 cm³/mol. The van der Waals surface area contributed by atoms with Gasteiger partial charge in [0.2, 0.25) is 5.91 Å². The molecule has 4 rings (SSSR count). The molecule has 0 saturated heterocycles. The summed E-state index contributed by atoms with van der Waals surface area (Å²) in [7, 11) is 0. The lowest BCUT2D eigenvalue weighted by atomic mass is 10.2. The number of rotatable bonds is 5. The van der Waals surface area contributed by atoms with Crippen molar-refractivity contribution in [2.45, 2.75) is 69.4 Å². The zero-order chi connectivity index (χ0) is 16.7. The Bertz CT molecular complexity index is 776. The van der Waals surface area contributed by atoms with Crippen molar-refractivity contribution in [3.05, 3.63) is 16.3 Å². The number of aromatic nitrogens is 2. The van der Waals surface area contributed by atoms with Crippen LogP contribution in [0.25, 0.3) is 10.2 Å². The summed E-state index contributed by atoms with van der Waals surface area (Å²) in [6.07, 6.45) is 7.12. The van der Waals surface area contributed by atoms with E-state index in [4.69, 9.17) is 9.97 Å². The van der Waals surface area contributed by atoms with Gasteiger partial charge >= 0.3 is 0 Å². The monoisotopic (exact) mass is 361 g/mol. The van der Waals surface area contributed by atoms with E-state index in [0.29, 0.717) is 17.7 Å². The van der Waals surface area contributed by atoms with Crippen LogP contribution in [-0.2, 0) is 4.79 Å². The van der Waals surface area contributed by atoms with Crippen LogP contribution >= 0.6 is 23.1 Å². The Hall–Kier alpha value is -1.14. The number of nitrogens with zero attached hydrogens (tertiary/aromatic N) is 2. The summed E-state index contributed by atoms with van der Waals surface area (Å²) in [4.78, 5) is 24.2. The first-order valence-electron chi connectivity index (χ1n) is 8.81. The van der Waals surface area contributed by atoms with Gasteiger partial charge in [-0.25, -0.2) is 9.97 Å². The summed E-state index contributed by atoms with van der Waals surface area (Å²) in [5.41, 5.74) is 1.26. The Balaban J connectivity index is 1.54. The van der Waals surface area contributed by atoms with Crippen LogP contribution in [0.2, 0.25) is 0 Å². The Kier molecular flexibility index (Phi) is 4.52. The molecule has 128 valence electrons. The number of hydrogen-bond acceptors (Lipinski definition) is 5. The van der Waals surface area contributed by atoms with Gasteiger partial charge in [-0.1, -0.05) is 24.6 Å². The second kappa shape index (κ2) is 6.64. The fraction of sp³-hybridized carbons (Fsp3) is 0.611. The van der Waals surface area contributed by atoms with Gasteiger partial charge in [-0.05, 0) is 45.1 Å². The largest absolute Gasteiger partial charge is 0.353 e. The normalized spacial score (nSPS) is 18.4. The molecule has 4 nitrogen and oxygen atoms in total. The average molecular weight is 362 g/mol. The molecule has 0 spiro atoms. The lowest BCUT2D eigenvalue weighted by Gasteiger charge is -2.12. The summed E-state index contributed by atoms with van der Waals surface area (Å²) in [5.74, 6) is 2.09. The maximum absolute atomic E-state index is 12.3. The molecule has 0 radical (unpaired) electrons. The van der Waals surface area contributed by atoms with E-state index in [1.54, 1.807) is 23.1 Å². The molecule has 1 amide bonds. The Labute approximate surface area is 150 Å². The van der Waals surface area contributed by atoms with E-state index in [0.717, 1.165) is 33.9 Å². The Morgan fingerprint density at radius 3 is 2.67 bits per heavy atom. The SMILES string of the molecule is Cc1sc2nc(C3CC3)nc(SCC(=O)NC3CCCC3)c2c1C. The molecule has 0 aliphatic heterocycles. The highest BCUT2D eigenvalue weighted by atomic mass is 32.2. The standard InChI is InChI=1S/C18H23N3OS2/c1-10-11(2)24-18-15(10)17(20-16(21-18)12-7-8-12)23-9-14(22)19-13-5-3-4-6-13/h12-13H,3-9H2,1-2H3,(H,19,22). The quantitative estimate of drug-likeness (QED) is 0.636. The zero-order valence-electron chi connectivity index (χ0n) is 14.2. The molecule has 0 aromatic carbocycles. The molecule has 0 bridgehead atoms. The number of thioether (sulfide) groups is 1. The summed E-state index contributed by atoms with van der Waals surface area (Å²) >= 11 is 3.32. The van der Waals surface area contributed by atoms with Crippen molar-refractivity contribution in [1.82, 2.24) is 15.3 Å². The fourth-order valence-corrected chi connectivity index (χ4v) is 5.33. The molecule has 2 aromatic rings. The van der Waals surface area contributed by atoms with Gasteiger partial charge in [-0.15, -0.1) is 11.3 Å². The van der Waals surface area contributed by atoms with Gasteiger partial charge in [0.1, 0.15) is 15.7 Å². The van der Waals surface area contributed by atoms with E-state index in [1.807, 2.05) is 0 Å². The number of carbonyl (C=O) groups excluding carboxylic acids is 1. The van der Waals surface area contributed by atoms with Gasteiger partial charge in [0.15, 0.2) is 0 Å². The van der Waals surface area contributed by atoms with Crippen molar-refractivity contribution in [3.8, 4) is 0 Å². The number of nitrogens with one attached hydrogen (secondary N) is 1. The smallest absolute Gasteiger partial charge is 0.230 e. The number of carbonyl (C=O) groups is 1. The third kappa shape index (κ3) is 3.31. The highest BCUT2D eigenvalue weighted by molar-refractivity contribution is 8.00. The molecule has 2 aliphatic carbocycles. The second-order valence-corrected chi connectivity index (χ2v) is 9.13. The molecule has 24 heavy (non-hydrogen) atoms. The third-order valence-electron chi connectivity index (χ3n) is 5.02. The molecule has 0 atom stereocenters. The van der Waals surface area contributed by atoms with E-state index < -0.39 is 0 Å². The Morgan fingerprint density at radius 2 is 1.96 bits per heavy atom. The maximum Gasteiger partial charge on any atom is 0.230 e. The van der Waals surface area contributed by atoms with Crippen LogP contribution in [0.4, 0.5) is 0 Å². The van der Waals surface area contributed by atoms with Gasteiger partial charge in [0.05, 0.1) is 5.75 Å². The number of fused-ring (bicyclic) bond motifs is 1.